The lowest BCUT2D eigenvalue weighted by Gasteiger charge is -2.28. The molecule has 0 radical (unpaired) electrons. The van der Waals surface area contributed by atoms with Crippen molar-refractivity contribution in [2.45, 2.75) is 38.6 Å². The van der Waals surface area contributed by atoms with Crippen LogP contribution in [0.15, 0.2) is 47.6 Å². The minimum atomic E-state index is -0.0603. The molecule has 1 fully saturated rings. The molecule has 4 rings (SSSR count). The van der Waals surface area contributed by atoms with Gasteiger partial charge in [0.15, 0.2) is 0 Å². The van der Waals surface area contributed by atoms with Crippen LogP contribution >= 0.6 is 47.0 Å². The maximum absolute atomic E-state index is 6.56. The Morgan fingerprint density at radius 3 is 2.26 bits per heavy atom. The van der Waals surface area contributed by atoms with Gasteiger partial charge in [0.05, 0.1) is 16.8 Å². The summed E-state index contributed by atoms with van der Waals surface area (Å²) < 4.78 is 0. The quantitative estimate of drug-likeness (QED) is 0.467. The lowest BCUT2D eigenvalue weighted by Crippen LogP contribution is -2.45. The number of halogens is 3. The van der Waals surface area contributed by atoms with E-state index in [2.05, 4.69) is 17.4 Å². The zero-order valence-corrected chi connectivity index (χ0v) is 20.4. The summed E-state index contributed by atoms with van der Waals surface area (Å²) in [5, 5.41) is 11.0. The first-order chi connectivity index (χ1) is 14.9. The molecule has 2 aromatic carbocycles. The minimum absolute atomic E-state index is 0.0555. The van der Waals surface area contributed by atoms with Gasteiger partial charge < -0.3 is 5.43 Å². The number of rotatable bonds is 4. The van der Waals surface area contributed by atoms with Crippen LogP contribution in [0.3, 0.4) is 0 Å². The Balaban J connectivity index is 1.66. The molecule has 0 aliphatic carbocycles. The third kappa shape index (κ3) is 5.18. The molecule has 0 bridgehead atoms. The second kappa shape index (κ2) is 10.1. The van der Waals surface area contributed by atoms with Gasteiger partial charge in [-0.05, 0) is 48.7 Å². The average molecular weight is 496 g/mol. The first-order valence-electron chi connectivity index (χ1n) is 10.6. The van der Waals surface area contributed by atoms with E-state index in [1.54, 1.807) is 6.07 Å². The van der Waals surface area contributed by atoms with Gasteiger partial charge in [0.2, 0.25) is 0 Å². The van der Waals surface area contributed by atoms with Gasteiger partial charge in [-0.15, -0.1) is 0 Å². The number of benzene rings is 2. The van der Waals surface area contributed by atoms with Crippen LogP contribution in [-0.4, -0.2) is 28.8 Å². The Bertz CT molecular complexity index is 971. The molecular formula is C23H25Cl3N4S. The summed E-state index contributed by atoms with van der Waals surface area (Å²) in [6, 6.07) is 13.3. The molecule has 2 heterocycles. The van der Waals surface area contributed by atoms with Gasteiger partial charge in [0.1, 0.15) is 10.7 Å². The molecule has 1 N–H and O–H groups in total. The minimum Gasteiger partial charge on any atom is -0.308 e. The van der Waals surface area contributed by atoms with Crippen LogP contribution < -0.4 is 10.4 Å². The third-order valence-electron chi connectivity index (χ3n) is 5.85. The molecular weight excluding hydrogens is 471 g/mol. The number of nitrogens with zero attached hydrogens (tertiary/aromatic N) is 3. The van der Waals surface area contributed by atoms with E-state index in [-0.39, 0.29) is 12.0 Å². The van der Waals surface area contributed by atoms with Crippen LogP contribution in [0.2, 0.25) is 15.1 Å². The molecule has 164 valence electrons. The second-order valence-corrected chi connectivity index (χ2v) is 9.74. The summed E-state index contributed by atoms with van der Waals surface area (Å²) in [5.74, 6) is 0.0555. The third-order valence-corrected chi connectivity index (χ3v) is 6.94. The molecule has 0 spiro atoms. The highest BCUT2D eigenvalue weighted by molar-refractivity contribution is 7.82. The Morgan fingerprint density at radius 1 is 0.968 bits per heavy atom. The molecule has 31 heavy (non-hydrogen) atoms. The summed E-state index contributed by atoms with van der Waals surface area (Å²) >= 11 is 24.6. The number of anilines is 1. The van der Waals surface area contributed by atoms with E-state index in [0.29, 0.717) is 20.1 Å². The fourth-order valence-corrected chi connectivity index (χ4v) is 5.20. The van der Waals surface area contributed by atoms with Crippen LogP contribution in [0.4, 0.5) is 5.69 Å². The molecule has 0 saturated carbocycles. The first-order valence-corrected chi connectivity index (χ1v) is 12.1. The summed E-state index contributed by atoms with van der Waals surface area (Å²) in [6.45, 7) is 4.14. The van der Waals surface area contributed by atoms with Crippen molar-refractivity contribution in [1.29, 1.82) is 0 Å². The number of thiocarbonyl (C=S) groups is 1. The highest BCUT2D eigenvalue weighted by atomic mass is 35.5. The number of nitrogens with one attached hydrogen (secondary N) is 1. The predicted molar refractivity (Wildman–Crippen MR) is 136 cm³/mol. The summed E-state index contributed by atoms with van der Waals surface area (Å²) in [4.78, 5) is 0.668. The molecule has 0 unspecified atom stereocenters. The van der Waals surface area contributed by atoms with Crippen LogP contribution in [0.5, 0.6) is 0 Å². The molecule has 0 amide bonds. The summed E-state index contributed by atoms with van der Waals surface area (Å²) in [7, 11) is 0. The highest BCUT2D eigenvalue weighted by Gasteiger charge is 2.39. The van der Waals surface area contributed by atoms with E-state index in [1.807, 2.05) is 41.4 Å². The maximum atomic E-state index is 6.56. The van der Waals surface area contributed by atoms with Crippen LogP contribution in [-0.2, 0) is 0 Å². The van der Waals surface area contributed by atoms with Crippen molar-refractivity contribution in [2.75, 3.05) is 18.1 Å². The zero-order chi connectivity index (χ0) is 22.0. The summed E-state index contributed by atoms with van der Waals surface area (Å²) in [6.07, 6.45) is 4.89. The lowest BCUT2D eigenvalue weighted by atomic mass is 9.91. The van der Waals surface area contributed by atoms with Crippen LogP contribution in [0.1, 0.15) is 44.2 Å². The zero-order valence-electron chi connectivity index (χ0n) is 17.3. The van der Waals surface area contributed by atoms with Crippen molar-refractivity contribution < 1.29 is 0 Å². The fourth-order valence-electron chi connectivity index (χ4n) is 4.23. The first kappa shape index (κ1) is 22.8. The van der Waals surface area contributed by atoms with Gasteiger partial charge in [-0.3, -0.25) is 5.01 Å². The average Bonchev–Trinajstić information content (AvgIpc) is 2.89. The van der Waals surface area contributed by atoms with E-state index in [9.17, 15) is 0 Å². The standard InChI is InChI=1S/C23H25Cl3N4S/c1-15-21(23(31)28-29-12-4-2-3-5-13-29)27-30(20-11-10-18(25)14-19(20)26)22(15)16-6-8-17(24)9-7-16/h6-11,14-15,22H,2-5,12-13H2,1H3,(H,28,31)/t15-,22+/m1/s1. The molecule has 2 atom stereocenters. The normalized spacial score (nSPS) is 22.2. The van der Waals surface area contributed by atoms with Gasteiger partial charge in [0.25, 0.3) is 0 Å². The molecule has 2 aliphatic heterocycles. The Labute approximate surface area is 204 Å². The highest BCUT2D eigenvalue weighted by Crippen LogP contribution is 2.42. The van der Waals surface area contributed by atoms with Gasteiger partial charge in [-0.2, -0.15) is 5.10 Å². The Morgan fingerprint density at radius 2 is 1.61 bits per heavy atom. The van der Waals surface area contributed by atoms with E-state index in [0.717, 1.165) is 30.1 Å². The van der Waals surface area contributed by atoms with Gasteiger partial charge in [0, 0.05) is 29.1 Å². The Kier molecular flexibility index (Phi) is 7.40. The number of hydrogen-bond donors (Lipinski definition) is 1. The smallest absolute Gasteiger partial charge is 0.137 e. The fraction of sp³-hybridized carbons (Fsp3) is 0.391. The van der Waals surface area contributed by atoms with Crippen molar-refractivity contribution in [3.63, 3.8) is 0 Å². The van der Waals surface area contributed by atoms with Gasteiger partial charge >= 0.3 is 0 Å². The van der Waals surface area contributed by atoms with Crippen LogP contribution in [0, 0.1) is 5.92 Å². The number of hydrogen-bond acceptors (Lipinski definition) is 4. The van der Waals surface area contributed by atoms with Gasteiger partial charge in [-0.25, -0.2) is 5.01 Å². The molecule has 2 aromatic rings. The van der Waals surface area contributed by atoms with Crippen molar-refractivity contribution in [1.82, 2.24) is 10.4 Å². The van der Waals surface area contributed by atoms with E-state index in [4.69, 9.17) is 52.1 Å². The SMILES string of the molecule is C[C@@H]1C(C(=S)NN2CCCCCC2)=NN(c2ccc(Cl)cc2Cl)[C@@H]1c1ccc(Cl)cc1. The van der Waals surface area contributed by atoms with E-state index in [1.165, 1.54) is 25.7 Å². The predicted octanol–water partition coefficient (Wildman–Crippen LogP) is 6.91. The van der Waals surface area contributed by atoms with Crippen molar-refractivity contribution in [3.8, 4) is 0 Å². The maximum Gasteiger partial charge on any atom is 0.137 e. The second-order valence-electron chi connectivity index (χ2n) is 8.05. The Hall–Kier alpha value is -1.37. The lowest BCUT2D eigenvalue weighted by molar-refractivity contribution is 0.248. The molecule has 1 saturated heterocycles. The number of hydrazone groups is 1. The van der Waals surface area contributed by atoms with Crippen molar-refractivity contribution in [3.05, 3.63) is 63.1 Å². The molecule has 2 aliphatic rings. The van der Waals surface area contributed by atoms with Gasteiger partial charge in [-0.1, -0.05) is 78.9 Å². The molecule has 8 heteroatoms. The molecule has 0 aromatic heterocycles. The monoisotopic (exact) mass is 494 g/mol. The topological polar surface area (TPSA) is 30.9 Å². The molecule has 4 nitrogen and oxygen atoms in total. The van der Waals surface area contributed by atoms with Crippen LogP contribution in [0.25, 0.3) is 0 Å². The van der Waals surface area contributed by atoms with E-state index < -0.39 is 0 Å². The largest absolute Gasteiger partial charge is 0.308 e. The number of hydrazine groups is 1. The van der Waals surface area contributed by atoms with Crippen molar-refractivity contribution >= 4 is 63.4 Å². The summed E-state index contributed by atoms with van der Waals surface area (Å²) in [5.41, 5.74) is 6.19. The van der Waals surface area contributed by atoms with E-state index >= 15 is 0 Å². The van der Waals surface area contributed by atoms with Crippen molar-refractivity contribution in [2.24, 2.45) is 11.0 Å².